The molecule has 0 aliphatic heterocycles. The second kappa shape index (κ2) is 9.45. The highest BCUT2D eigenvalue weighted by Gasteiger charge is 2.41. The van der Waals surface area contributed by atoms with Crippen LogP contribution in [0.2, 0.25) is 5.02 Å². The zero-order valence-corrected chi connectivity index (χ0v) is 17.0. The van der Waals surface area contributed by atoms with E-state index in [0.717, 1.165) is 29.7 Å². The first-order valence-corrected chi connectivity index (χ1v) is 9.33. The Kier molecular flexibility index (Phi) is 7.54. The van der Waals surface area contributed by atoms with Crippen LogP contribution in [0.3, 0.4) is 0 Å². The molecule has 0 heterocycles. The van der Waals surface area contributed by atoms with Gasteiger partial charge in [-0.3, -0.25) is 4.79 Å². The lowest BCUT2D eigenvalue weighted by Gasteiger charge is -2.29. The number of benzene rings is 2. The minimum Gasteiger partial charge on any atom is -0.489 e. The van der Waals surface area contributed by atoms with E-state index in [1.807, 2.05) is 55.5 Å². The molecule has 1 fully saturated rings. The van der Waals surface area contributed by atoms with Crippen molar-refractivity contribution in [3.05, 3.63) is 64.7 Å². The van der Waals surface area contributed by atoms with Crippen LogP contribution in [0.15, 0.2) is 48.5 Å². The first kappa shape index (κ1) is 21.5. The Bertz CT molecular complexity index is 780. The second-order valence-electron chi connectivity index (χ2n) is 7.19. The summed E-state index contributed by atoms with van der Waals surface area (Å²) in [5.74, 6) is 1.24. The van der Waals surface area contributed by atoms with E-state index in [4.69, 9.17) is 22.1 Å². The van der Waals surface area contributed by atoms with Crippen molar-refractivity contribution in [1.82, 2.24) is 5.32 Å². The summed E-state index contributed by atoms with van der Waals surface area (Å²) in [6.07, 6.45) is 2.60. The second-order valence-corrected chi connectivity index (χ2v) is 7.62. The number of nitrogens with two attached hydrogens (primary N) is 1. The number of hydrogen-bond acceptors (Lipinski definition) is 3. The van der Waals surface area contributed by atoms with E-state index >= 15 is 0 Å². The molecule has 0 bridgehead atoms. The van der Waals surface area contributed by atoms with Crippen molar-refractivity contribution in [3.8, 4) is 5.75 Å². The number of amides is 1. The molecule has 1 amide bonds. The topological polar surface area (TPSA) is 64.3 Å². The fraction of sp³-hybridized carbons (Fsp3) is 0.381. The van der Waals surface area contributed by atoms with Crippen molar-refractivity contribution in [2.24, 2.45) is 11.7 Å². The minimum atomic E-state index is -0.294. The maximum Gasteiger partial charge on any atom is 0.224 e. The van der Waals surface area contributed by atoms with Crippen LogP contribution in [0.5, 0.6) is 5.75 Å². The Labute approximate surface area is 171 Å². The Balaban J connectivity index is 0.00000261. The highest BCUT2D eigenvalue weighted by molar-refractivity contribution is 6.30. The van der Waals surface area contributed by atoms with E-state index in [0.29, 0.717) is 30.5 Å². The highest BCUT2D eigenvalue weighted by atomic mass is 35.5. The van der Waals surface area contributed by atoms with Gasteiger partial charge in [0.05, 0.1) is 12.0 Å². The number of carbonyl (C=O) groups excluding carboxylic acids is 1. The van der Waals surface area contributed by atoms with E-state index in [-0.39, 0.29) is 23.9 Å². The first-order valence-electron chi connectivity index (χ1n) is 8.96. The van der Waals surface area contributed by atoms with Gasteiger partial charge in [0.15, 0.2) is 0 Å². The smallest absolute Gasteiger partial charge is 0.224 e. The van der Waals surface area contributed by atoms with Gasteiger partial charge in [-0.05, 0) is 61.1 Å². The summed E-state index contributed by atoms with van der Waals surface area (Å²) in [5, 5.41) is 3.81. The molecule has 0 radical (unpaired) electrons. The van der Waals surface area contributed by atoms with Crippen molar-refractivity contribution in [3.63, 3.8) is 0 Å². The Morgan fingerprint density at radius 1 is 1.22 bits per heavy atom. The molecule has 4 nitrogen and oxygen atoms in total. The molecule has 0 spiro atoms. The molecular formula is C21H26Cl2N2O2. The number of ether oxygens (including phenoxy) is 1. The number of carbonyl (C=O) groups is 1. The summed E-state index contributed by atoms with van der Waals surface area (Å²) in [7, 11) is 0. The van der Waals surface area contributed by atoms with Crippen LogP contribution >= 0.6 is 24.0 Å². The van der Waals surface area contributed by atoms with Gasteiger partial charge in [-0.25, -0.2) is 0 Å². The Morgan fingerprint density at radius 2 is 1.93 bits per heavy atom. The third-order valence-electron chi connectivity index (χ3n) is 4.89. The Hall–Kier alpha value is -1.75. The quantitative estimate of drug-likeness (QED) is 0.689. The summed E-state index contributed by atoms with van der Waals surface area (Å²) in [6.45, 7) is 2.93. The number of halogens is 2. The molecule has 2 aromatic carbocycles. The molecule has 146 valence electrons. The van der Waals surface area contributed by atoms with Gasteiger partial charge in [-0.2, -0.15) is 0 Å². The van der Waals surface area contributed by atoms with E-state index in [2.05, 4.69) is 5.32 Å². The largest absolute Gasteiger partial charge is 0.489 e. The molecule has 1 unspecified atom stereocenters. The van der Waals surface area contributed by atoms with Crippen LogP contribution in [0, 0.1) is 5.92 Å². The summed E-state index contributed by atoms with van der Waals surface area (Å²) in [4.78, 5) is 12.4. The minimum absolute atomic E-state index is 0. The Morgan fingerprint density at radius 3 is 2.59 bits per heavy atom. The lowest BCUT2D eigenvalue weighted by atomic mass is 9.95. The molecule has 1 aliphatic rings. The van der Waals surface area contributed by atoms with Crippen LogP contribution < -0.4 is 15.8 Å². The van der Waals surface area contributed by atoms with Crippen molar-refractivity contribution in [1.29, 1.82) is 0 Å². The van der Waals surface area contributed by atoms with Gasteiger partial charge in [-0.1, -0.05) is 35.9 Å². The predicted octanol–water partition coefficient (Wildman–Crippen LogP) is 4.13. The molecular weight excluding hydrogens is 383 g/mol. The summed E-state index contributed by atoms with van der Waals surface area (Å²) < 4.78 is 5.83. The standard InChI is InChI=1S/C21H25ClN2O2.ClH/c1-21(14-23,17-8-9-17)24-20(25)12-15-4-3-7-19(11-15)26-13-16-5-2-6-18(22)10-16;/h2-7,10-11,17H,8-9,12-14,23H2,1H3,(H,24,25);1H. The molecule has 6 heteroatoms. The fourth-order valence-electron chi connectivity index (χ4n) is 3.13. The van der Waals surface area contributed by atoms with E-state index in [9.17, 15) is 4.79 Å². The van der Waals surface area contributed by atoms with Gasteiger partial charge in [0.1, 0.15) is 12.4 Å². The molecule has 1 aliphatic carbocycles. The highest BCUT2D eigenvalue weighted by Crippen LogP contribution is 2.39. The van der Waals surface area contributed by atoms with Crippen LogP contribution in [0.1, 0.15) is 30.9 Å². The summed E-state index contributed by atoms with van der Waals surface area (Å²) in [5.41, 5.74) is 7.50. The monoisotopic (exact) mass is 408 g/mol. The molecule has 2 aromatic rings. The maximum absolute atomic E-state index is 12.4. The lowest BCUT2D eigenvalue weighted by molar-refractivity contribution is -0.122. The summed E-state index contributed by atoms with van der Waals surface area (Å²) >= 11 is 5.99. The average molecular weight is 409 g/mol. The predicted molar refractivity (Wildman–Crippen MR) is 112 cm³/mol. The van der Waals surface area contributed by atoms with Crippen LogP contribution in [0.4, 0.5) is 0 Å². The molecule has 0 aromatic heterocycles. The average Bonchev–Trinajstić information content (AvgIpc) is 3.46. The van der Waals surface area contributed by atoms with Crippen molar-refractivity contribution < 1.29 is 9.53 Å². The lowest BCUT2D eigenvalue weighted by Crippen LogP contribution is -2.53. The normalized spacial score (nSPS) is 15.4. The molecule has 1 saturated carbocycles. The SMILES string of the molecule is CC(CN)(NC(=O)Cc1cccc(OCc2cccc(Cl)c2)c1)C1CC1.Cl. The zero-order chi connectivity index (χ0) is 18.6. The van der Waals surface area contributed by atoms with Gasteiger partial charge >= 0.3 is 0 Å². The number of rotatable bonds is 8. The van der Waals surface area contributed by atoms with E-state index in [1.54, 1.807) is 0 Å². The van der Waals surface area contributed by atoms with Gasteiger partial charge in [-0.15, -0.1) is 12.4 Å². The van der Waals surface area contributed by atoms with Crippen molar-refractivity contribution >= 4 is 29.9 Å². The van der Waals surface area contributed by atoms with Gasteiger partial charge in [0, 0.05) is 11.6 Å². The van der Waals surface area contributed by atoms with Crippen molar-refractivity contribution in [2.75, 3.05) is 6.54 Å². The number of hydrogen-bond donors (Lipinski definition) is 2. The van der Waals surface area contributed by atoms with E-state index in [1.165, 1.54) is 0 Å². The van der Waals surface area contributed by atoms with E-state index < -0.39 is 0 Å². The van der Waals surface area contributed by atoms with Crippen LogP contribution in [-0.2, 0) is 17.8 Å². The zero-order valence-electron chi connectivity index (χ0n) is 15.4. The summed E-state index contributed by atoms with van der Waals surface area (Å²) in [6, 6.07) is 15.2. The van der Waals surface area contributed by atoms with Gasteiger partial charge in [0.25, 0.3) is 0 Å². The molecule has 3 N–H and O–H groups in total. The van der Waals surface area contributed by atoms with Crippen LogP contribution in [0.25, 0.3) is 0 Å². The van der Waals surface area contributed by atoms with Crippen LogP contribution in [-0.4, -0.2) is 18.0 Å². The maximum atomic E-state index is 12.4. The third-order valence-corrected chi connectivity index (χ3v) is 5.12. The third kappa shape index (κ3) is 6.13. The first-order chi connectivity index (χ1) is 12.5. The van der Waals surface area contributed by atoms with Gasteiger partial charge in [0.2, 0.25) is 5.91 Å². The van der Waals surface area contributed by atoms with Gasteiger partial charge < -0.3 is 15.8 Å². The molecule has 27 heavy (non-hydrogen) atoms. The molecule has 0 saturated heterocycles. The fourth-order valence-corrected chi connectivity index (χ4v) is 3.34. The molecule has 1 atom stereocenters. The number of nitrogens with one attached hydrogen (secondary N) is 1. The van der Waals surface area contributed by atoms with Crippen molar-refractivity contribution in [2.45, 2.75) is 38.3 Å². The molecule has 3 rings (SSSR count).